The highest BCUT2D eigenvalue weighted by atomic mass is 16.5. The molecule has 0 atom stereocenters. The molecule has 0 fully saturated rings. The van der Waals surface area contributed by atoms with E-state index in [-0.39, 0.29) is 5.84 Å². The molecule has 1 aliphatic heterocycles. The van der Waals surface area contributed by atoms with Gasteiger partial charge < -0.3 is 20.6 Å². The van der Waals surface area contributed by atoms with Crippen LogP contribution in [-0.2, 0) is 0 Å². The molecular formula is C15H16N4O2. The summed E-state index contributed by atoms with van der Waals surface area (Å²) in [5.41, 5.74) is 7.03. The van der Waals surface area contributed by atoms with Crippen LogP contribution in [0.2, 0.25) is 0 Å². The first-order valence-electron chi connectivity index (χ1n) is 6.74. The number of para-hydroxylation sites is 2. The van der Waals surface area contributed by atoms with E-state index in [0.29, 0.717) is 12.3 Å². The van der Waals surface area contributed by atoms with E-state index in [1.54, 1.807) is 6.07 Å². The van der Waals surface area contributed by atoms with E-state index in [1.807, 2.05) is 36.4 Å². The molecule has 0 bridgehead atoms. The Balaban J connectivity index is 2.04. The predicted molar refractivity (Wildman–Crippen MR) is 80.3 cm³/mol. The molecule has 2 heterocycles. The van der Waals surface area contributed by atoms with Crippen LogP contribution in [0.25, 0.3) is 0 Å². The summed E-state index contributed by atoms with van der Waals surface area (Å²) in [6, 6.07) is 13.3. The Hall–Kier alpha value is -2.76. The molecule has 6 nitrogen and oxygen atoms in total. The van der Waals surface area contributed by atoms with Crippen LogP contribution < -0.4 is 15.4 Å². The molecule has 0 unspecified atom stereocenters. The highest BCUT2D eigenvalue weighted by molar-refractivity contribution is 5.95. The van der Waals surface area contributed by atoms with Crippen LogP contribution >= 0.6 is 0 Å². The number of oxime groups is 1. The summed E-state index contributed by atoms with van der Waals surface area (Å²) in [6.45, 7) is 1.47. The van der Waals surface area contributed by atoms with Gasteiger partial charge in [0.05, 0.1) is 12.3 Å². The van der Waals surface area contributed by atoms with Crippen LogP contribution in [0.3, 0.4) is 0 Å². The van der Waals surface area contributed by atoms with Gasteiger partial charge in [0.1, 0.15) is 17.3 Å². The Bertz CT molecular complexity index is 672. The number of rotatable bonds is 2. The van der Waals surface area contributed by atoms with E-state index in [4.69, 9.17) is 15.7 Å². The molecule has 6 heteroatoms. The first-order chi connectivity index (χ1) is 10.3. The van der Waals surface area contributed by atoms with Gasteiger partial charge in [0, 0.05) is 6.54 Å². The summed E-state index contributed by atoms with van der Waals surface area (Å²) >= 11 is 0. The first-order valence-corrected chi connectivity index (χ1v) is 6.74. The number of amidine groups is 1. The van der Waals surface area contributed by atoms with Crippen LogP contribution in [0.4, 0.5) is 11.5 Å². The topological polar surface area (TPSA) is 84.0 Å². The second-order valence-electron chi connectivity index (χ2n) is 4.69. The number of anilines is 2. The van der Waals surface area contributed by atoms with Crippen LogP contribution in [-0.4, -0.2) is 29.2 Å². The molecule has 0 amide bonds. The summed E-state index contributed by atoms with van der Waals surface area (Å²) in [4.78, 5) is 6.54. The van der Waals surface area contributed by atoms with Gasteiger partial charge in [-0.2, -0.15) is 0 Å². The normalized spacial score (nSPS) is 15.0. The number of hydrogen-bond acceptors (Lipinski definition) is 5. The van der Waals surface area contributed by atoms with E-state index in [2.05, 4.69) is 15.0 Å². The Labute approximate surface area is 122 Å². The summed E-state index contributed by atoms with van der Waals surface area (Å²) in [5.74, 6) is 1.58. The lowest BCUT2D eigenvalue weighted by atomic mass is 10.2. The van der Waals surface area contributed by atoms with Crippen molar-refractivity contribution in [2.75, 3.05) is 18.1 Å². The Morgan fingerprint density at radius 3 is 2.95 bits per heavy atom. The van der Waals surface area contributed by atoms with Crippen molar-refractivity contribution in [1.82, 2.24) is 4.98 Å². The minimum Gasteiger partial charge on any atom is -0.491 e. The van der Waals surface area contributed by atoms with Crippen molar-refractivity contribution in [1.29, 1.82) is 0 Å². The molecule has 1 aromatic heterocycles. The van der Waals surface area contributed by atoms with Gasteiger partial charge in [0.2, 0.25) is 0 Å². The number of nitrogens with zero attached hydrogens (tertiary/aromatic N) is 3. The van der Waals surface area contributed by atoms with Crippen molar-refractivity contribution in [3.63, 3.8) is 0 Å². The maximum atomic E-state index is 8.78. The molecule has 1 aromatic carbocycles. The minimum absolute atomic E-state index is 0.00351. The number of fused-ring (bicyclic) bond motifs is 1. The molecule has 3 N–H and O–H groups in total. The van der Waals surface area contributed by atoms with Crippen molar-refractivity contribution in [2.45, 2.75) is 6.42 Å². The van der Waals surface area contributed by atoms with Gasteiger partial charge in [-0.05, 0) is 30.7 Å². The van der Waals surface area contributed by atoms with E-state index in [1.165, 1.54) is 0 Å². The number of hydrogen-bond donors (Lipinski definition) is 2. The van der Waals surface area contributed by atoms with E-state index in [9.17, 15) is 0 Å². The Morgan fingerprint density at radius 2 is 2.10 bits per heavy atom. The van der Waals surface area contributed by atoms with Crippen molar-refractivity contribution in [2.24, 2.45) is 10.9 Å². The third-order valence-corrected chi connectivity index (χ3v) is 3.32. The van der Waals surface area contributed by atoms with Gasteiger partial charge in [-0.3, -0.25) is 0 Å². The number of nitrogens with two attached hydrogens (primary N) is 1. The number of ether oxygens (including phenoxy) is 1. The number of pyridine rings is 1. The van der Waals surface area contributed by atoms with E-state index in [0.717, 1.165) is 30.2 Å². The highest BCUT2D eigenvalue weighted by Crippen LogP contribution is 2.34. The Morgan fingerprint density at radius 1 is 1.24 bits per heavy atom. The third-order valence-electron chi connectivity index (χ3n) is 3.32. The monoisotopic (exact) mass is 284 g/mol. The molecule has 0 spiro atoms. The van der Waals surface area contributed by atoms with Gasteiger partial charge in [0.25, 0.3) is 0 Å². The van der Waals surface area contributed by atoms with Crippen molar-refractivity contribution >= 4 is 17.3 Å². The van der Waals surface area contributed by atoms with Crippen LogP contribution in [0, 0.1) is 0 Å². The molecule has 3 rings (SSSR count). The molecule has 0 radical (unpaired) electrons. The molecule has 108 valence electrons. The Kier molecular flexibility index (Phi) is 3.59. The average Bonchev–Trinajstić information content (AvgIpc) is 2.76. The minimum atomic E-state index is -0.00351. The van der Waals surface area contributed by atoms with Gasteiger partial charge in [-0.1, -0.05) is 23.4 Å². The van der Waals surface area contributed by atoms with Crippen molar-refractivity contribution in [3.8, 4) is 5.75 Å². The van der Waals surface area contributed by atoms with Gasteiger partial charge in [-0.15, -0.1) is 0 Å². The maximum Gasteiger partial charge on any atom is 0.188 e. The second kappa shape index (κ2) is 5.70. The predicted octanol–water partition coefficient (Wildman–Crippen LogP) is 2.10. The fraction of sp³-hybridized carbons (Fsp3) is 0.200. The van der Waals surface area contributed by atoms with Gasteiger partial charge in [-0.25, -0.2) is 4.98 Å². The van der Waals surface area contributed by atoms with Crippen LogP contribution in [0.15, 0.2) is 47.6 Å². The summed E-state index contributed by atoms with van der Waals surface area (Å²) in [7, 11) is 0. The lowest BCUT2D eigenvalue weighted by Crippen LogP contribution is -2.21. The number of benzene rings is 1. The summed E-state index contributed by atoms with van der Waals surface area (Å²) in [5, 5.41) is 11.8. The average molecular weight is 284 g/mol. The van der Waals surface area contributed by atoms with Crippen LogP contribution in [0.5, 0.6) is 5.75 Å². The summed E-state index contributed by atoms with van der Waals surface area (Å²) in [6.07, 6.45) is 0.893. The lowest BCUT2D eigenvalue weighted by molar-refractivity contribution is 0.318. The fourth-order valence-electron chi connectivity index (χ4n) is 2.33. The molecule has 2 aromatic rings. The van der Waals surface area contributed by atoms with E-state index < -0.39 is 0 Å². The molecule has 0 aliphatic carbocycles. The molecule has 0 saturated carbocycles. The molecule has 1 aliphatic rings. The van der Waals surface area contributed by atoms with E-state index >= 15 is 0 Å². The fourth-order valence-corrected chi connectivity index (χ4v) is 2.33. The zero-order chi connectivity index (χ0) is 14.7. The molecule has 21 heavy (non-hydrogen) atoms. The van der Waals surface area contributed by atoms with Crippen LogP contribution in [0.1, 0.15) is 12.1 Å². The largest absolute Gasteiger partial charge is 0.491 e. The number of aromatic nitrogens is 1. The van der Waals surface area contributed by atoms with Gasteiger partial charge in [0.15, 0.2) is 5.84 Å². The first kappa shape index (κ1) is 13.2. The smallest absolute Gasteiger partial charge is 0.188 e. The SMILES string of the molecule is N/C(=N/O)c1cccc(N2CCCOc3ccccc32)n1. The van der Waals surface area contributed by atoms with Crippen molar-refractivity contribution in [3.05, 3.63) is 48.2 Å². The zero-order valence-corrected chi connectivity index (χ0v) is 11.4. The van der Waals surface area contributed by atoms with Crippen molar-refractivity contribution < 1.29 is 9.94 Å². The van der Waals surface area contributed by atoms with Gasteiger partial charge >= 0.3 is 0 Å². The lowest BCUT2D eigenvalue weighted by Gasteiger charge is -2.23. The zero-order valence-electron chi connectivity index (χ0n) is 11.4. The molecule has 0 saturated heterocycles. The maximum absolute atomic E-state index is 8.78. The second-order valence-corrected chi connectivity index (χ2v) is 4.69. The highest BCUT2D eigenvalue weighted by Gasteiger charge is 2.18. The summed E-state index contributed by atoms with van der Waals surface area (Å²) < 4.78 is 5.74. The molecular weight excluding hydrogens is 268 g/mol. The standard InChI is InChI=1S/C15H16N4O2/c16-15(18-20)11-5-3-8-14(17-11)19-9-4-10-21-13-7-2-1-6-12(13)19/h1-3,5-8,20H,4,9-10H2,(H2,16,18). The quantitative estimate of drug-likeness (QED) is 0.382. The third kappa shape index (κ3) is 2.60.